The van der Waals surface area contributed by atoms with E-state index in [-0.39, 0.29) is 39.3 Å². The van der Waals surface area contributed by atoms with Gasteiger partial charge in [0.15, 0.2) is 0 Å². The molecule has 140 valence electrons. The lowest BCUT2D eigenvalue weighted by Crippen LogP contribution is -2.34. The Morgan fingerprint density at radius 3 is 2.12 bits per heavy atom. The number of unbranched alkanes of at least 4 members (excludes halogenated alkanes) is 1. The van der Waals surface area contributed by atoms with Crippen molar-refractivity contribution in [2.45, 2.75) is 42.3 Å². The molecule has 1 saturated heterocycles. The van der Waals surface area contributed by atoms with Gasteiger partial charge in [0.1, 0.15) is 0 Å². The Morgan fingerprint density at radius 1 is 1.08 bits per heavy atom. The number of nitrogens with zero attached hydrogens (tertiary/aromatic N) is 1. The summed E-state index contributed by atoms with van der Waals surface area (Å²) in [5, 5.41) is 0. The summed E-state index contributed by atoms with van der Waals surface area (Å²) in [6.45, 7) is 2.42. The molecule has 7 heteroatoms. The summed E-state index contributed by atoms with van der Waals surface area (Å²) >= 11 is 7.17. The number of fused-ring (bicyclic) bond motifs is 1. The third-order valence-corrected chi connectivity index (χ3v) is 7.74. The van der Waals surface area contributed by atoms with E-state index < -0.39 is 0 Å². The predicted molar refractivity (Wildman–Crippen MR) is 106 cm³/mol. The summed E-state index contributed by atoms with van der Waals surface area (Å²) in [6.07, 6.45) is 3.07. The van der Waals surface area contributed by atoms with Crippen molar-refractivity contribution in [2.24, 2.45) is 11.8 Å². The van der Waals surface area contributed by atoms with E-state index >= 15 is 0 Å². The minimum absolute atomic E-state index is 0.151. The lowest BCUT2D eigenvalue weighted by Gasteiger charge is -2.29. The normalized spacial score (nSPS) is 28.2. The van der Waals surface area contributed by atoms with Crippen LogP contribution in [-0.2, 0) is 14.3 Å². The minimum Gasteiger partial charge on any atom is -0.462 e. The van der Waals surface area contributed by atoms with Crippen LogP contribution in [0.15, 0.2) is 24.3 Å². The summed E-state index contributed by atoms with van der Waals surface area (Å²) in [5.74, 6) is -1.25. The summed E-state index contributed by atoms with van der Waals surface area (Å²) in [4.78, 5) is 39.2. The Kier molecular flexibility index (Phi) is 6.17. The fourth-order valence-corrected chi connectivity index (χ4v) is 4.73. The molecule has 1 aliphatic heterocycles. The zero-order valence-electron chi connectivity index (χ0n) is 14.5. The first-order chi connectivity index (χ1) is 12.4. The highest BCUT2D eigenvalue weighted by Crippen LogP contribution is 2.44. The van der Waals surface area contributed by atoms with Crippen LogP contribution < -0.4 is 4.90 Å². The molecular formula is C19H21Br2NO4. The number of imide groups is 1. The molecule has 2 amide bonds. The van der Waals surface area contributed by atoms with Crippen molar-refractivity contribution in [3.8, 4) is 0 Å². The molecular weight excluding hydrogens is 466 g/mol. The summed E-state index contributed by atoms with van der Waals surface area (Å²) < 4.78 is 5.18. The van der Waals surface area contributed by atoms with Gasteiger partial charge in [-0.05, 0) is 43.5 Å². The van der Waals surface area contributed by atoms with Gasteiger partial charge in [-0.3, -0.25) is 14.5 Å². The van der Waals surface area contributed by atoms with Crippen molar-refractivity contribution in [3.05, 3.63) is 29.8 Å². The molecule has 26 heavy (non-hydrogen) atoms. The summed E-state index contributed by atoms with van der Waals surface area (Å²) in [6, 6.07) is 6.49. The van der Waals surface area contributed by atoms with E-state index in [0.717, 1.165) is 12.8 Å². The van der Waals surface area contributed by atoms with Gasteiger partial charge in [0.05, 0.1) is 29.7 Å². The van der Waals surface area contributed by atoms with E-state index in [9.17, 15) is 14.4 Å². The van der Waals surface area contributed by atoms with Crippen LogP contribution in [0.2, 0.25) is 0 Å². The van der Waals surface area contributed by atoms with Crippen LogP contribution in [0, 0.1) is 11.8 Å². The van der Waals surface area contributed by atoms with Gasteiger partial charge >= 0.3 is 5.97 Å². The van der Waals surface area contributed by atoms with Crippen molar-refractivity contribution in [1.29, 1.82) is 0 Å². The molecule has 4 unspecified atom stereocenters. The Hall–Kier alpha value is -1.21. The molecule has 0 bridgehead atoms. The van der Waals surface area contributed by atoms with Gasteiger partial charge in [-0.25, -0.2) is 4.79 Å². The zero-order chi connectivity index (χ0) is 18.8. The molecule has 2 fully saturated rings. The monoisotopic (exact) mass is 485 g/mol. The second kappa shape index (κ2) is 8.21. The predicted octanol–water partition coefficient (Wildman–Crippen LogP) is 4.07. The topological polar surface area (TPSA) is 63.7 Å². The number of hydrogen-bond donors (Lipinski definition) is 0. The van der Waals surface area contributed by atoms with E-state index in [1.807, 2.05) is 6.92 Å². The Morgan fingerprint density at radius 2 is 1.62 bits per heavy atom. The first kappa shape index (κ1) is 19.5. The molecule has 2 aliphatic rings. The lowest BCUT2D eigenvalue weighted by atomic mass is 9.81. The average molecular weight is 487 g/mol. The molecule has 1 saturated carbocycles. The molecule has 0 N–H and O–H groups in total. The van der Waals surface area contributed by atoms with Crippen molar-refractivity contribution >= 4 is 55.3 Å². The Labute approximate surface area is 169 Å². The standard InChI is InChI=1S/C19H21Br2NO4/c1-2-3-8-26-19(25)11-4-6-12(7-5-11)22-17(23)13-9-15(20)16(21)10-14(13)18(22)24/h4-7,13-16H,2-3,8-10H2,1H3. The van der Waals surface area contributed by atoms with Gasteiger partial charge in [-0.1, -0.05) is 45.2 Å². The minimum atomic E-state index is -0.387. The third kappa shape index (κ3) is 3.74. The number of amides is 2. The van der Waals surface area contributed by atoms with Crippen LogP contribution in [0.5, 0.6) is 0 Å². The van der Waals surface area contributed by atoms with E-state index in [2.05, 4.69) is 31.9 Å². The highest BCUT2D eigenvalue weighted by Gasteiger charge is 2.52. The molecule has 0 spiro atoms. The molecule has 0 aromatic heterocycles. The van der Waals surface area contributed by atoms with Gasteiger partial charge in [-0.2, -0.15) is 0 Å². The quantitative estimate of drug-likeness (QED) is 0.272. The molecule has 3 rings (SSSR count). The van der Waals surface area contributed by atoms with Crippen molar-refractivity contribution in [1.82, 2.24) is 0 Å². The number of halogens is 2. The number of carbonyl (C=O) groups excluding carboxylic acids is 3. The maximum Gasteiger partial charge on any atom is 0.338 e. The molecule has 1 aromatic rings. The van der Waals surface area contributed by atoms with Crippen LogP contribution in [0.25, 0.3) is 0 Å². The number of rotatable bonds is 5. The highest BCUT2D eigenvalue weighted by molar-refractivity contribution is 9.12. The van der Waals surface area contributed by atoms with Crippen LogP contribution in [-0.4, -0.2) is 34.0 Å². The molecule has 5 nitrogen and oxygen atoms in total. The number of ether oxygens (including phenoxy) is 1. The smallest absolute Gasteiger partial charge is 0.338 e. The Bertz CT molecular complexity index is 678. The van der Waals surface area contributed by atoms with E-state index in [1.165, 1.54) is 4.90 Å². The number of benzene rings is 1. The first-order valence-corrected chi connectivity index (χ1v) is 10.7. The average Bonchev–Trinajstić information content (AvgIpc) is 2.86. The highest BCUT2D eigenvalue weighted by atomic mass is 79.9. The van der Waals surface area contributed by atoms with Crippen molar-refractivity contribution in [2.75, 3.05) is 11.5 Å². The maximum atomic E-state index is 12.8. The number of esters is 1. The van der Waals surface area contributed by atoms with Gasteiger partial charge < -0.3 is 4.74 Å². The van der Waals surface area contributed by atoms with Crippen molar-refractivity contribution < 1.29 is 19.1 Å². The molecule has 1 heterocycles. The molecule has 0 radical (unpaired) electrons. The summed E-state index contributed by atoms with van der Waals surface area (Å²) in [5.41, 5.74) is 0.930. The van der Waals surface area contributed by atoms with Crippen molar-refractivity contribution in [3.63, 3.8) is 0 Å². The van der Waals surface area contributed by atoms with Gasteiger partial charge in [0.25, 0.3) is 0 Å². The number of carbonyl (C=O) groups is 3. The van der Waals surface area contributed by atoms with Gasteiger partial charge in [-0.15, -0.1) is 0 Å². The largest absolute Gasteiger partial charge is 0.462 e. The fraction of sp³-hybridized carbons (Fsp3) is 0.526. The SMILES string of the molecule is CCCCOC(=O)c1ccc(N2C(=O)C3CC(Br)C(Br)CC3C2=O)cc1. The van der Waals surface area contributed by atoms with E-state index in [1.54, 1.807) is 24.3 Å². The first-order valence-electron chi connectivity index (χ1n) is 8.87. The van der Waals surface area contributed by atoms with Gasteiger partial charge in [0.2, 0.25) is 11.8 Å². The van der Waals surface area contributed by atoms with E-state index in [0.29, 0.717) is 30.7 Å². The second-order valence-electron chi connectivity index (χ2n) is 6.76. The Balaban J connectivity index is 1.74. The van der Waals surface area contributed by atoms with Crippen LogP contribution in [0.1, 0.15) is 43.0 Å². The second-order valence-corrected chi connectivity index (χ2v) is 9.12. The molecule has 4 atom stereocenters. The van der Waals surface area contributed by atoms with Gasteiger partial charge in [0, 0.05) is 9.65 Å². The lowest BCUT2D eigenvalue weighted by molar-refractivity contribution is -0.122. The maximum absolute atomic E-state index is 12.8. The molecule has 1 aliphatic carbocycles. The molecule has 1 aromatic carbocycles. The third-order valence-electron chi connectivity index (χ3n) is 5.00. The number of anilines is 1. The van der Waals surface area contributed by atoms with Crippen LogP contribution >= 0.6 is 31.9 Å². The summed E-state index contributed by atoms with van der Waals surface area (Å²) in [7, 11) is 0. The number of alkyl halides is 2. The van der Waals surface area contributed by atoms with Crippen LogP contribution in [0.4, 0.5) is 5.69 Å². The van der Waals surface area contributed by atoms with Crippen LogP contribution in [0.3, 0.4) is 0 Å². The fourth-order valence-electron chi connectivity index (χ4n) is 3.49. The number of hydrogen-bond acceptors (Lipinski definition) is 4. The zero-order valence-corrected chi connectivity index (χ0v) is 17.7. The van der Waals surface area contributed by atoms with E-state index in [4.69, 9.17) is 4.74 Å².